The number of carbonyl (C=O) groups is 1. The molecule has 1 heterocycles. The number of nitrogens with two attached hydrogens (primary N) is 1. The Morgan fingerprint density at radius 2 is 1.78 bits per heavy atom. The van der Waals surface area contributed by atoms with E-state index >= 15 is 0 Å². The van der Waals surface area contributed by atoms with E-state index in [1.54, 1.807) is 24.3 Å². The van der Waals surface area contributed by atoms with Crippen LogP contribution in [0.4, 0.5) is 5.69 Å². The van der Waals surface area contributed by atoms with Gasteiger partial charge in [-0.3, -0.25) is 9.10 Å². The Bertz CT molecular complexity index is 1000. The maximum absolute atomic E-state index is 13.5. The first-order chi connectivity index (χ1) is 12.9. The van der Waals surface area contributed by atoms with Crippen LogP contribution in [0.15, 0.2) is 47.4 Å². The summed E-state index contributed by atoms with van der Waals surface area (Å²) >= 11 is 0. The SMILES string of the molecule is CC1CC(C(N)=O)c2ccccc2N1S(=O)(=O)c1ccc2c(c1)CCCC2. The number of fused-ring (bicyclic) bond motifs is 2. The molecule has 2 N–H and O–H groups in total. The van der Waals surface area contributed by atoms with Crippen LogP contribution in [0.1, 0.15) is 48.8 Å². The Labute approximate surface area is 160 Å². The quantitative estimate of drug-likeness (QED) is 0.883. The van der Waals surface area contributed by atoms with E-state index in [-0.39, 0.29) is 6.04 Å². The van der Waals surface area contributed by atoms with Crippen LogP contribution in [0, 0.1) is 0 Å². The first-order valence-electron chi connectivity index (χ1n) is 9.44. The number of para-hydroxylation sites is 1. The number of primary amides is 1. The zero-order valence-corrected chi connectivity index (χ0v) is 16.2. The number of rotatable bonds is 3. The van der Waals surface area contributed by atoms with Crippen molar-refractivity contribution >= 4 is 21.6 Å². The van der Waals surface area contributed by atoms with Crippen molar-refractivity contribution in [2.24, 2.45) is 5.73 Å². The second-order valence-electron chi connectivity index (χ2n) is 7.54. The zero-order chi connectivity index (χ0) is 19.2. The van der Waals surface area contributed by atoms with Crippen LogP contribution in [0.25, 0.3) is 0 Å². The molecule has 2 aliphatic rings. The molecule has 1 aliphatic carbocycles. The first-order valence-corrected chi connectivity index (χ1v) is 10.9. The molecular weight excluding hydrogens is 360 g/mol. The van der Waals surface area contributed by atoms with E-state index in [2.05, 4.69) is 0 Å². The van der Waals surface area contributed by atoms with Crippen LogP contribution >= 0.6 is 0 Å². The first kappa shape index (κ1) is 18.0. The molecule has 0 radical (unpaired) electrons. The third kappa shape index (κ3) is 3.02. The molecule has 1 amide bonds. The van der Waals surface area contributed by atoms with Crippen molar-refractivity contribution in [1.82, 2.24) is 0 Å². The number of carbonyl (C=O) groups excluding carboxylic acids is 1. The van der Waals surface area contributed by atoms with E-state index in [4.69, 9.17) is 5.73 Å². The molecule has 5 nitrogen and oxygen atoms in total. The predicted octanol–water partition coefficient (Wildman–Crippen LogP) is 3.12. The molecule has 0 bridgehead atoms. The highest BCUT2D eigenvalue weighted by Gasteiger charge is 2.39. The van der Waals surface area contributed by atoms with Gasteiger partial charge >= 0.3 is 0 Å². The van der Waals surface area contributed by atoms with Crippen molar-refractivity contribution in [2.45, 2.75) is 55.9 Å². The maximum Gasteiger partial charge on any atom is 0.264 e. The molecule has 0 spiro atoms. The average Bonchev–Trinajstić information content (AvgIpc) is 2.66. The topological polar surface area (TPSA) is 80.5 Å². The fourth-order valence-corrected chi connectivity index (χ4v) is 6.15. The Morgan fingerprint density at radius 3 is 2.52 bits per heavy atom. The van der Waals surface area contributed by atoms with Crippen LogP contribution < -0.4 is 10.0 Å². The van der Waals surface area contributed by atoms with Crippen molar-refractivity contribution in [3.05, 3.63) is 59.2 Å². The van der Waals surface area contributed by atoms with E-state index in [9.17, 15) is 13.2 Å². The van der Waals surface area contributed by atoms with Crippen molar-refractivity contribution in [3.63, 3.8) is 0 Å². The predicted molar refractivity (Wildman–Crippen MR) is 105 cm³/mol. The van der Waals surface area contributed by atoms with Gasteiger partial charge in [-0.1, -0.05) is 24.3 Å². The van der Waals surface area contributed by atoms with Gasteiger partial charge in [0.05, 0.1) is 16.5 Å². The van der Waals surface area contributed by atoms with Crippen LogP contribution in [0.3, 0.4) is 0 Å². The summed E-state index contributed by atoms with van der Waals surface area (Å²) in [5, 5.41) is 0. The molecule has 1 aliphatic heterocycles. The minimum atomic E-state index is -3.73. The molecule has 4 rings (SSSR count). The molecular formula is C21H24N2O3S. The summed E-state index contributed by atoms with van der Waals surface area (Å²) in [6, 6.07) is 12.3. The Balaban J connectivity index is 1.81. The Hall–Kier alpha value is -2.34. The van der Waals surface area contributed by atoms with E-state index in [0.29, 0.717) is 22.6 Å². The number of nitrogens with zero attached hydrogens (tertiary/aromatic N) is 1. The highest BCUT2D eigenvalue weighted by atomic mass is 32.2. The number of hydrogen-bond donors (Lipinski definition) is 1. The zero-order valence-electron chi connectivity index (χ0n) is 15.4. The number of amides is 1. The monoisotopic (exact) mass is 384 g/mol. The summed E-state index contributed by atoms with van der Waals surface area (Å²) in [5.41, 5.74) is 9.20. The fraction of sp³-hybridized carbons (Fsp3) is 0.381. The maximum atomic E-state index is 13.5. The van der Waals surface area contributed by atoms with Gasteiger partial charge in [0.25, 0.3) is 10.0 Å². The van der Waals surface area contributed by atoms with Crippen molar-refractivity contribution in [1.29, 1.82) is 0 Å². The summed E-state index contributed by atoms with van der Waals surface area (Å²) in [6.07, 6.45) is 4.58. The molecule has 142 valence electrons. The molecule has 6 heteroatoms. The molecule has 27 heavy (non-hydrogen) atoms. The summed E-state index contributed by atoms with van der Waals surface area (Å²) < 4.78 is 28.5. The summed E-state index contributed by atoms with van der Waals surface area (Å²) in [5.74, 6) is -0.883. The molecule has 0 saturated heterocycles. The lowest BCUT2D eigenvalue weighted by Gasteiger charge is -2.39. The number of anilines is 1. The second-order valence-corrected chi connectivity index (χ2v) is 9.35. The highest BCUT2D eigenvalue weighted by molar-refractivity contribution is 7.92. The summed E-state index contributed by atoms with van der Waals surface area (Å²) in [7, 11) is -3.73. The van der Waals surface area contributed by atoms with Crippen LogP contribution in [-0.2, 0) is 27.7 Å². The molecule has 2 aromatic rings. The smallest absolute Gasteiger partial charge is 0.264 e. The minimum absolute atomic E-state index is 0.322. The van der Waals surface area contributed by atoms with Gasteiger partial charge in [0, 0.05) is 6.04 Å². The van der Waals surface area contributed by atoms with Crippen molar-refractivity contribution < 1.29 is 13.2 Å². The number of benzene rings is 2. The summed E-state index contributed by atoms with van der Waals surface area (Å²) in [4.78, 5) is 12.2. The second kappa shape index (κ2) is 6.68. The Kier molecular flexibility index (Phi) is 4.46. The standard InChI is InChI=1S/C21H24N2O3S/c1-14-12-19(21(22)24)18-8-4-5-9-20(18)23(14)27(25,26)17-11-10-15-6-2-3-7-16(15)13-17/h4-5,8-11,13-14,19H,2-3,6-7,12H2,1H3,(H2,22,24). The molecule has 2 unspecified atom stereocenters. The minimum Gasteiger partial charge on any atom is -0.369 e. The van der Waals surface area contributed by atoms with Crippen molar-refractivity contribution in [2.75, 3.05) is 4.31 Å². The van der Waals surface area contributed by atoms with Gasteiger partial charge in [-0.15, -0.1) is 0 Å². The average molecular weight is 385 g/mol. The number of aryl methyl sites for hydroxylation is 2. The van der Waals surface area contributed by atoms with E-state index < -0.39 is 21.8 Å². The lowest BCUT2D eigenvalue weighted by atomic mass is 9.87. The van der Waals surface area contributed by atoms with Gasteiger partial charge in [0.1, 0.15) is 0 Å². The van der Waals surface area contributed by atoms with Crippen molar-refractivity contribution in [3.8, 4) is 0 Å². The van der Waals surface area contributed by atoms with Crippen LogP contribution in [-0.4, -0.2) is 20.4 Å². The van der Waals surface area contributed by atoms with E-state index in [0.717, 1.165) is 31.2 Å². The van der Waals surface area contributed by atoms with Gasteiger partial charge in [-0.25, -0.2) is 8.42 Å². The van der Waals surface area contributed by atoms with Crippen LogP contribution in [0.5, 0.6) is 0 Å². The Morgan fingerprint density at radius 1 is 1.07 bits per heavy atom. The van der Waals surface area contributed by atoms with Gasteiger partial charge < -0.3 is 5.73 Å². The van der Waals surface area contributed by atoms with Gasteiger partial charge in [-0.2, -0.15) is 0 Å². The largest absolute Gasteiger partial charge is 0.369 e. The lowest BCUT2D eigenvalue weighted by Crippen LogP contribution is -2.45. The third-order valence-corrected chi connectivity index (χ3v) is 7.67. The lowest BCUT2D eigenvalue weighted by molar-refractivity contribution is -0.119. The molecule has 0 saturated carbocycles. The van der Waals surface area contributed by atoms with E-state index in [1.807, 2.05) is 25.1 Å². The summed E-state index contributed by atoms with van der Waals surface area (Å²) in [6.45, 7) is 1.84. The number of hydrogen-bond acceptors (Lipinski definition) is 3. The molecule has 2 aromatic carbocycles. The third-order valence-electron chi connectivity index (χ3n) is 5.75. The van der Waals surface area contributed by atoms with E-state index in [1.165, 1.54) is 9.87 Å². The molecule has 0 fully saturated rings. The highest BCUT2D eigenvalue weighted by Crippen LogP contribution is 2.41. The normalized spacial score (nSPS) is 22.0. The number of sulfonamides is 1. The van der Waals surface area contributed by atoms with Gasteiger partial charge in [0.15, 0.2) is 0 Å². The van der Waals surface area contributed by atoms with Crippen LogP contribution in [0.2, 0.25) is 0 Å². The molecule has 0 aromatic heterocycles. The fourth-order valence-electron chi connectivity index (χ4n) is 4.40. The van der Waals surface area contributed by atoms with Gasteiger partial charge in [-0.05, 0) is 73.9 Å². The molecule has 2 atom stereocenters. The van der Waals surface area contributed by atoms with Gasteiger partial charge in [0.2, 0.25) is 5.91 Å².